The van der Waals surface area contributed by atoms with E-state index in [0.29, 0.717) is 30.0 Å². The highest BCUT2D eigenvalue weighted by molar-refractivity contribution is 7.91. The van der Waals surface area contributed by atoms with E-state index in [0.717, 1.165) is 11.1 Å². The fraction of sp³-hybridized carbons (Fsp3) is 0.310. The van der Waals surface area contributed by atoms with E-state index < -0.39 is 15.9 Å². The third-order valence-corrected chi connectivity index (χ3v) is 8.25. The summed E-state index contributed by atoms with van der Waals surface area (Å²) in [5, 5.41) is 10.9. The number of hydrogen-bond donors (Lipinski definition) is 3. The van der Waals surface area contributed by atoms with Crippen molar-refractivity contribution in [3.05, 3.63) is 88.4 Å². The van der Waals surface area contributed by atoms with Crippen molar-refractivity contribution in [1.82, 2.24) is 0 Å². The molecular weight excluding hydrogens is 538 g/mol. The summed E-state index contributed by atoms with van der Waals surface area (Å²) in [4.78, 5) is 12.1. The first-order valence-electron chi connectivity index (χ1n) is 12.6. The van der Waals surface area contributed by atoms with Gasteiger partial charge in [0.05, 0.1) is 28.9 Å². The smallest absolute Gasteiger partial charge is 0.305 e. The lowest BCUT2D eigenvalue weighted by Gasteiger charge is -2.21. The third kappa shape index (κ3) is 9.30. The first-order chi connectivity index (χ1) is 18.6. The minimum Gasteiger partial charge on any atom is -0.493 e. The zero-order valence-electron chi connectivity index (χ0n) is 22.1. The number of nitrogens with one attached hydrogen (secondary N) is 2. The molecule has 0 aliphatic heterocycles. The van der Waals surface area contributed by atoms with Crippen molar-refractivity contribution in [3.8, 4) is 5.75 Å². The van der Waals surface area contributed by atoms with Crippen molar-refractivity contribution < 1.29 is 22.7 Å². The van der Waals surface area contributed by atoms with Gasteiger partial charge in [-0.15, -0.1) is 0 Å². The van der Waals surface area contributed by atoms with Crippen LogP contribution in [0.15, 0.2) is 71.6 Å². The zero-order valence-corrected chi connectivity index (χ0v) is 23.6. The molecule has 3 aromatic carbocycles. The molecule has 3 rings (SSSR count). The van der Waals surface area contributed by atoms with Gasteiger partial charge in [-0.1, -0.05) is 48.0 Å². The van der Waals surface area contributed by atoms with Gasteiger partial charge < -0.3 is 20.5 Å². The van der Waals surface area contributed by atoms with Crippen molar-refractivity contribution in [2.75, 3.05) is 24.3 Å². The number of hydrogen-bond acceptors (Lipinski definition) is 7. The van der Waals surface area contributed by atoms with Crippen molar-refractivity contribution in [1.29, 1.82) is 5.41 Å². The number of ether oxygens (including phenoxy) is 2. The number of carbonyl (C=O) groups is 1. The van der Waals surface area contributed by atoms with Gasteiger partial charge >= 0.3 is 5.97 Å². The predicted molar refractivity (Wildman–Crippen MR) is 155 cm³/mol. The molecule has 39 heavy (non-hydrogen) atoms. The standard InChI is InChI=1S/C29H34ClN3O5S/c1-3-37-28(34)13-12-23(19-39(35,36)27-7-5-4-6-26(27)30)33-24-16-20(2)17-25(18-24)38-15-14-21-8-10-22(11-9-21)29(31)32/h4-11,16-18,23,33H,3,12-15,19H2,1-2H3,(H3,31,32). The van der Waals surface area contributed by atoms with Gasteiger partial charge in [0.2, 0.25) is 0 Å². The largest absolute Gasteiger partial charge is 0.493 e. The number of esters is 1. The molecule has 10 heteroatoms. The van der Waals surface area contributed by atoms with Crippen molar-refractivity contribution in [2.24, 2.45) is 5.73 Å². The van der Waals surface area contributed by atoms with E-state index in [1.54, 1.807) is 31.2 Å². The molecule has 0 amide bonds. The van der Waals surface area contributed by atoms with Crippen LogP contribution in [0.25, 0.3) is 0 Å². The van der Waals surface area contributed by atoms with E-state index in [2.05, 4.69) is 5.32 Å². The van der Waals surface area contributed by atoms with E-state index in [1.807, 2.05) is 37.3 Å². The van der Waals surface area contributed by atoms with Crippen LogP contribution >= 0.6 is 11.6 Å². The molecule has 0 heterocycles. The van der Waals surface area contributed by atoms with Crippen LogP contribution in [0.5, 0.6) is 5.75 Å². The average Bonchev–Trinajstić information content (AvgIpc) is 2.87. The van der Waals surface area contributed by atoms with E-state index in [4.69, 9.17) is 32.2 Å². The van der Waals surface area contributed by atoms with Crippen LogP contribution in [0.3, 0.4) is 0 Å². The number of sulfone groups is 1. The van der Waals surface area contributed by atoms with Gasteiger partial charge in [-0.2, -0.15) is 0 Å². The summed E-state index contributed by atoms with van der Waals surface area (Å²) in [5.74, 6) is 0.0223. The summed E-state index contributed by atoms with van der Waals surface area (Å²) in [6, 6.07) is 18.8. The Bertz CT molecular complexity index is 1390. The summed E-state index contributed by atoms with van der Waals surface area (Å²) >= 11 is 6.17. The van der Waals surface area contributed by atoms with Crippen molar-refractivity contribution in [2.45, 2.75) is 44.0 Å². The Labute approximate surface area is 234 Å². The quantitative estimate of drug-likeness (QED) is 0.138. The Kier molecular flexibility index (Phi) is 10.8. The Morgan fingerprint density at radius 3 is 2.49 bits per heavy atom. The third-order valence-electron chi connectivity index (χ3n) is 5.94. The molecule has 0 aliphatic rings. The van der Waals surface area contributed by atoms with Crippen LogP contribution < -0.4 is 15.8 Å². The van der Waals surface area contributed by atoms with Gasteiger partial charge in [0.25, 0.3) is 0 Å². The number of anilines is 1. The molecule has 0 aliphatic carbocycles. The number of amidine groups is 1. The highest BCUT2D eigenvalue weighted by Crippen LogP contribution is 2.26. The van der Waals surface area contributed by atoms with Crippen LogP contribution in [0, 0.1) is 12.3 Å². The van der Waals surface area contributed by atoms with Gasteiger partial charge in [0.1, 0.15) is 11.6 Å². The Hall–Kier alpha value is -3.56. The van der Waals surface area contributed by atoms with Gasteiger partial charge in [-0.3, -0.25) is 10.2 Å². The molecule has 3 aromatic rings. The Balaban J connectivity index is 1.72. The number of nitrogens with two attached hydrogens (primary N) is 1. The second kappa shape index (κ2) is 14.0. The molecule has 0 radical (unpaired) electrons. The highest BCUT2D eigenvalue weighted by Gasteiger charge is 2.24. The van der Waals surface area contributed by atoms with Crippen LogP contribution in [-0.2, 0) is 25.8 Å². The summed E-state index contributed by atoms with van der Waals surface area (Å²) in [6.07, 6.45) is 0.983. The van der Waals surface area contributed by atoms with Gasteiger partial charge in [-0.05, 0) is 55.7 Å². The number of halogens is 1. The Morgan fingerprint density at radius 1 is 1.10 bits per heavy atom. The van der Waals surface area contributed by atoms with E-state index in [-0.39, 0.29) is 46.9 Å². The van der Waals surface area contributed by atoms with E-state index in [1.165, 1.54) is 12.1 Å². The fourth-order valence-corrected chi connectivity index (χ4v) is 6.16. The van der Waals surface area contributed by atoms with E-state index >= 15 is 0 Å². The first kappa shape index (κ1) is 30.0. The molecule has 1 unspecified atom stereocenters. The number of nitrogen functional groups attached to an aromatic ring is 1. The molecule has 0 saturated carbocycles. The number of benzene rings is 3. The minimum atomic E-state index is -3.74. The minimum absolute atomic E-state index is 0.0258. The molecule has 208 valence electrons. The van der Waals surface area contributed by atoms with Crippen LogP contribution in [0.2, 0.25) is 5.02 Å². The SMILES string of the molecule is CCOC(=O)CCC(CS(=O)(=O)c1ccccc1Cl)Nc1cc(C)cc(OCCc2ccc(C(=N)N)cc2)c1. The number of aryl methyl sites for hydroxylation is 1. The lowest BCUT2D eigenvalue weighted by molar-refractivity contribution is -0.143. The van der Waals surface area contributed by atoms with Gasteiger partial charge in [0.15, 0.2) is 9.84 Å². The summed E-state index contributed by atoms with van der Waals surface area (Å²) in [5.41, 5.74) is 8.84. The van der Waals surface area contributed by atoms with Gasteiger partial charge in [-0.25, -0.2) is 8.42 Å². The fourth-order valence-electron chi connectivity index (χ4n) is 4.06. The summed E-state index contributed by atoms with van der Waals surface area (Å²) in [7, 11) is -3.74. The first-order valence-corrected chi connectivity index (χ1v) is 14.7. The van der Waals surface area contributed by atoms with Crippen molar-refractivity contribution >= 4 is 38.9 Å². The number of rotatable bonds is 14. The predicted octanol–water partition coefficient (Wildman–Crippen LogP) is 5.15. The Morgan fingerprint density at radius 2 is 1.82 bits per heavy atom. The van der Waals surface area contributed by atoms with Crippen LogP contribution in [-0.4, -0.2) is 45.2 Å². The second-order valence-electron chi connectivity index (χ2n) is 9.14. The molecule has 8 nitrogen and oxygen atoms in total. The second-order valence-corrected chi connectivity index (χ2v) is 11.6. The van der Waals surface area contributed by atoms with E-state index in [9.17, 15) is 13.2 Å². The number of carbonyl (C=O) groups excluding carboxylic acids is 1. The molecular formula is C29H34ClN3O5S. The molecule has 0 spiro atoms. The zero-order chi connectivity index (χ0) is 28.4. The molecule has 0 aromatic heterocycles. The molecule has 4 N–H and O–H groups in total. The lowest BCUT2D eigenvalue weighted by Crippen LogP contribution is -2.30. The average molecular weight is 572 g/mol. The summed E-state index contributed by atoms with van der Waals surface area (Å²) < 4.78 is 37.4. The van der Waals surface area contributed by atoms with Crippen LogP contribution in [0.1, 0.15) is 36.5 Å². The summed E-state index contributed by atoms with van der Waals surface area (Å²) in [6.45, 7) is 4.33. The van der Waals surface area contributed by atoms with Gasteiger partial charge in [0, 0.05) is 36.2 Å². The molecule has 0 saturated heterocycles. The monoisotopic (exact) mass is 571 g/mol. The highest BCUT2D eigenvalue weighted by atomic mass is 35.5. The van der Waals surface area contributed by atoms with Crippen LogP contribution in [0.4, 0.5) is 5.69 Å². The van der Waals surface area contributed by atoms with Crippen molar-refractivity contribution in [3.63, 3.8) is 0 Å². The maximum atomic E-state index is 13.2. The maximum absolute atomic E-state index is 13.2. The molecule has 0 fully saturated rings. The molecule has 0 bridgehead atoms. The normalized spacial score (nSPS) is 12.0. The topological polar surface area (TPSA) is 132 Å². The maximum Gasteiger partial charge on any atom is 0.305 e. The lowest BCUT2D eigenvalue weighted by atomic mass is 10.1. The molecule has 1 atom stereocenters.